The van der Waals surface area contributed by atoms with Crippen LogP contribution in [-0.2, 0) is 16.2 Å². The molecule has 8 nitrogen and oxygen atoms in total. The summed E-state index contributed by atoms with van der Waals surface area (Å²) >= 11 is 5.84. The Hall–Kier alpha value is -3.35. The van der Waals surface area contributed by atoms with E-state index in [9.17, 15) is 21.6 Å². The molecule has 32 heavy (non-hydrogen) atoms. The first-order chi connectivity index (χ1) is 15.0. The Bertz CT molecular complexity index is 1410. The van der Waals surface area contributed by atoms with Crippen molar-refractivity contribution in [2.75, 3.05) is 0 Å². The van der Waals surface area contributed by atoms with Crippen LogP contribution in [0.5, 0.6) is 0 Å². The molecular formula is C19H11ClF3N5O3S. The zero-order valence-electron chi connectivity index (χ0n) is 15.7. The van der Waals surface area contributed by atoms with Crippen LogP contribution in [0.1, 0.15) is 5.69 Å². The molecule has 0 fully saturated rings. The molecule has 164 valence electrons. The standard InChI is InChI=1S/C19H11ClF3N5O3S/c20-12-6-4-10(5-7-12)14-9-15(19(21,22)23)26-17(25-14)18-27-16(28-31-18)11-2-1-3-13(8-11)32(24,29)30/h1-9H,(H2,24,29,30). The minimum atomic E-state index is -4.76. The summed E-state index contributed by atoms with van der Waals surface area (Å²) < 4.78 is 68.4. The third-order valence-corrected chi connectivity index (χ3v) is 5.36. The summed E-state index contributed by atoms with van der Waals surface area (Å²) in [5.74, 6) is -0.923. The zero-order chi connectivity index (χ0) is 23.1. The van der Waals surface area contributed by atoms with Crippen LogP contribution in [0.15, 0.2) is 64.0 Å². The van der Waals surface area contributed by atoms with E-state index in [4.69, 9.17) is 21.3 Å². The van der Waals surface area contributed by atoms with Crippen LogP contribution >= 0.6 is 11.6 Å². The van der Waals surface area contributed by atoms with Gasteiger partial charge in [0.15, 0.2) is 0 Å². The van der Waals surface area contributed by atoms with E-state index in [0.29, 0.717) is 10.6 Å². The Labute approximate surface area is 183 Å². The minimum Gasteiger partial charge on any atom is -0.330 e. The molecule has 0 saturated carbocycles. The number of sulfonamides is 1. The molecule has 0 saturated heterocycles. The van der Waals surface area contributed by atoms with E-state index < -0.39 is 27.7 Å². The van der Waals surface area contributed by atoms with Gasteiger partial charge in [-0.2, -0.15) is 18.2 Å². The lowest BCUT2D eigenvalue weighted by Gasteiger charge is -2.09. The smallest absolute Gasteiger partial charge is 0.330 e. The number of rotatable bonds is 4. The lowest BCUT2D eigenvalue weighted by Crippen LogP contribution is -2.12. The van der Waals surface area contributed by atoms with E-state index in [1.807, 2.05) is 0 Å². The molecule has 0 aliphatic carbocycles. The first-order valence-electron chi connectivity index (χ1n) is 8.70. The Morgan fingerprint density at radius 1 is 0.906 bits per heavy atom. The van der Waals surface area contributed by atoms with Gasteiger partial charge in [-0.15, -0.1) is 0 Å². The Morgan fingerprint density at radius 2 is 1.62 bits per heavy atom. The zero-order valence-corrected chi connectivity index (χ0v) is 17.3. The van der Waals surface area contributed by atoms with Crippen molar-refractivity contribution in [3.63, 3.8) is 0 Å². The van der Waals surface area contributed by atoms with Gasteiger partial charge in [0.25, 0.3) is 5.89 Å². The van der Waals surface area contributed by atoms with Gasteiger partial charge < -0.3 is 4.52 Å². The topological polar surface area (TPSA) is 125 Å². The number of hydrogen-bond acceptors (Lipinski definition) is 7. The summed E-state index contributed by atoms with van der Waals surface area (Å²) in [6.45, 7) is 0. The molecule has 2 aromatic heterocycles. The molecule has 4 aromatic rings. The van der Waals surface area contributed by atoms with Crippen molar-refractivity contribution in [3.05, 3.63) is 65.3 Å². The molecule has 0 aliphatic heterocycles. The quantitative estimate of drug-likeness (QED) is 0.463. The first kappa shape index (κ1) is 21.9. The van der Waals surface area contributed by atoms with E-state index in [1.54, 1.807) is 0 Å². The SMILES string of the molecule is NS(=O)(=O)c1cccc(-c2noc(-c3nc(-c4ccc(Cl)cc4)cc(C(F)(F)F)n3)n2)c1. The number of aromatic nitrogens is 4. The molecule has 0 unspecified atom stereocenters. The Kier molecular flexibility index (Phi) is 5.44. The average molecular weight is 482 g/mol. The van der Waals surface area contributed by atoms with Crippen molar-refractivity contribution in [1.29, 1.82) is 0 Å². The maximum Gasteiger partial charge on any atom is 0.433 e. The van der Waals surface area contributed by atoms with Crippen LogP contribution < -0.4 is 5.14 Å². The van der Waals surface area contributed by atoms with Crippen molar-refractivity contribution < 1.29 is 26.1 Å². The van der Waals surface area contributed by atoms with E-state index in [0.717, 1.165) is 6.07 Å². The number of halogens is 4. The summed E-state index contributed by atoms with van der Waals surface area (Å²) in [5.41, 5.74) is -0.654. The summed E-state index contributed by atoms with van der Waals surface area (Å²) in [6, 6.07) is 12.2. The average Bonchev–Trinajstić information content (AvgIpc) is 3.23. The fraction of sp³-hybridized carbons (Fsp3) is 0.0526. The summed E-state index contributed by atoms with van der Waals surface area (Å²) in [5, 5.41) is 9.21. The summed E-state index contributed by atoms with van der Waals surface area (Å²) in [7, 11) is -3.99. The second kappa shape index (κ2) is 7.97. The lowest BCUT2D eigenvalue weighted by atomic mass is 10.1. The van der Waals surface area contributed by atoms with Gasteiger partial charge in [-0.25, -0.2) is 23.5 Å². The van der Waals surface area contributed by atoms with E-state index in [-0.39, 0.29) is 27.9 Å². The predicted molar refractivity (Wildman–Crippen MR) is 108 cm³/mol. The van der Waals surface area contributed by atoms with Gasteiger partial charge in [0.1, 0.15) is 5.69 Å². The second-order valence-corrected chi connectivity index (χ2v) is 8.46. The minimum absolute atomic E-state index is 0.0324. The van der Waals surface area contributed by atoms with Gasteiger partial charge in [-0.1, -0.05) is 41.0 Å². The highest BCUT2D eigenvalue weighted by atomic mass is 35.5. The van der Waals surface area contributed by atoms with Gasteiger partial charge in [0.05, 0.1) is 10.6 Å². The third kappa shape index (κ3) is 4.61. The highest BCUT2D eigenvalue weighted by Crippen LogP contribution is 2.32. The van der Waals surface area contributed by atoms with E-state index >= 15 is 0 Å². The first-order valence-corrected chi connectivity index (χ1v) is 10.6. The predicted octanol–water partition coefficient (Wildman–Crippen LogP) is 4.18. The van der Waals surface area contributed by atoms with Crippen molar-refractivity contribution >= 4 is 21.6 Å². The van der Waals surface area contributed by atoms with E-state index in [1.165, 1.54) is 48.5 Å². The maximum atomic E-state index is 13.4. The lowest BCUT2D eigenvalue weighted by molar-refractivity contribution is -0.141. The number of nitrogens with zero attached hydrogens (tertiary/aromatic N) is 4. The summed E-state index contributed by atoms with van der Waals surface area (Å²) in [6.07, 6.45) is -4.76. The molecule has 2 N–H and O–H groups in total. The molecule has 2 aromatic carbocycles. The van der Waals surface area contributed by atoms with Crippen LogP contribution in [0.3, 0.4) is 0 Å². The fourth-order valence-corrected chi connectivity index (χ4v) is 3.39. The molecule has 0 aliphatic rings. The van der Waals surface area contributed by atoms with Crippen molar-refractivity contribution in [1.82, 2.24) is 20.1 Å². The van der Waals surface area contributed by atoms with Gasteiger partial charge in [-0.3, -0.25) is 0 Å². The van der Waals surface area contributed by atoms with Crippen molar-refractivity contribution in [2.45, 2.75) is 11.1 Å². The van der Waals surface area contributed by atoms with Crippen LogP contribution in [0, 0.1) is 0 Å². The molecule has 4 rings (SSSR count). The Balaban J connectivity index is 1.80. The van der Waals surface area contributed by atoms with Crippen LogP contribution in [0.4, 0.5) is 13.2 Å². The number of primary sulfonamides is 1. The second-order valence-electron chi connectivity index (χ2n) is 6.46. The Morgan fingerprint density at radius 3 is 2.28 bits per heavy atom. The molecule has 0 bridgehead atoms. The molecule has 0 amide bonds. The van der Waals surface area contributed by atoms with Crippen LogP contribution in [0.25, 0.3) is 34.4 Å². The van der Waals surface area contributed by atoms with Crippen molar-refractivity contribution in [3.8, 4) is 34.4 Å². The number of benzene rings is 2. The van der Waals surface area contributed by atoms with Gasteiger partial charge >= 0.3 is 6.18 Å². The van der Waals surface area contributed by atoms with Crippen LogP contribution in [-0.4, -0.2) is 28.5 Å². The molecule has 13 heteroatoms. The van der Waals surface area contributed by atoms with Gasteiger partial charge in [0.2, 0.25) is 21.7 Å². The number of hydrogen-bond donors (Lipinski definition) is 1. The largest absolute Gasteiger partial charge is 0.433 e. The number of alkyl halides is 3. The third-order valence-electron chi connectivity index (χ3n) is 4.19. The molecule has 2 heterocycles. The number of nitrogens with two attached hydrogens (primary N) is 1. The fourth-order valence-electron chi connectivity index (χ4n) is 2.70. The van der Waals surface area contributed by atoms with Gasteiger partial charge in [-0.05, 0) is 30.3 Å². The molecule has 0 spiro atoms. The monoisotopic (exact) mass is 481 g/mol. The summed E-state index contributed by atoms with van der Waals surface area (Å²) in [4.78, 5) is 11.4. The van der Waals surface area contributed by atoms with Crippen molar-refractivity contribution in [2.24, 2.45) is 5.14 Å². The normalized spacial score (nSPS) is 12.2. The molecule has 0 atom stereocenters. The maximum absolute atomic E-state index is 13.4. The van der Waals surface area contributed by atoms with E-state index in [2.05, 4.69) is 20.1 Å². The molecule has 0 radical (unpaired) electrons. The molecular weight excluding hydrogens is 471 g/mol. The van der Waals surface area contributed by atoms with Gasteiger partial charge in [0, 0.05) is 16.1 Å². The highest BCUT2D eigenvalue weighted by molar-refractivity contribution is 7.89. The highest BCUT2D eigenvalue weighted by Gasteiger charge is 2.34. The van der Waals surface area contributed by atoms with Crippen LogP contribution in [0.2, 0.25) is 5.02 Å².